The zero-order valence-corrected chi connectivity index (χ0v) is 11.5. The molecule has 6 heteroatoms. The Bertz CT molecular complexity index is 571. The molecule has 3 N–H and O–H groups in total. The minimum Gasteiger partial charge on any atom is -0.366 e. The number of rotatable bonds is 6. The fourth-order valence-electron chi connectivity index (χ4n) is 1.68. The first kappa shape index (κ1) is 16.2. The second-order valence-corrected chi connectivity index (χ2v) is 4.15. The molecule has 0 bridgehead atoms. The van der Waals surface area contributed by atoms with E-state index < -0.39 is 17.7 Å². The number of hydrogen-bond acceptors (Lipinski definition) is 3. The SMILES string of the molecule is C=CCN(CC=C)C(=O)C(=O)Nc1ccccc1C(N)=O. The van der Waals surface area contributed by atoms with Crippen molar-refractivity contribution in [2.75, 3.05) is 18.4 Å². The highest BCUT2D eigenvalue weighted by Gasteiger charge is 2.21. The molecule has 6 nitrogen and oxygen atoms in total. The van der Waals surface area contributed by atoms with Gasteiger partial charge in [-0.25, -0.2) is 0 Å². The molecule has 0 radical (unpaired) electrons. The van der Waals surface area contributed by atoms with Crippen LogP contribution < -0.4 is 11.1 Å². The normalized spacial score (nSPS) is 9.52. The third-order valence-electron chi connectivity index (χ3n) is 2.62. The summed E-state index contributed by atoms with van der Waals surface area (Å²) in [5.74, 6) is -2.28. The van der Waals surface area contributed by atoms with Crippen LogP contribution in [0.3, 0.4) is 0 Å². The van der Waals surface area contributed by atoms with E-state index in [0.29, 0.717) is 0 Å². The minimum absolute atomic E-state index is 0.137. The molecule has 1 rings (SSSR count). The number of carbonyl (C=O) groups is 3. The lowest BCUT2D eigenvalue weighted by molar-refractivity contribution is -0.142. The molecule has 0 spiro atoms. The number of primary amides is 1. The highest BCUT2D eigenvalue weighted by Crippen LogP contribution is 2.14. The van der Waals surface area contributed by atoms with Crippen molar-refractivity contribution in [1.29, 1.82) is 0 Å². The van der Waals surface area contributed by atoms with E-state index in [4.69, 9.17) is 5.73 Å². The van der Waals surface area contributed by atoms with Crippen LogP contribution in [-0.2, 0) is 9.59 Å². The highest BCUT2D eigenvalue weighted by atomic mass is 16.2. The van der Waals surface area contributed by atoms with Crippen molar-refractivity contribution in [2.45, 2.75) is 0 Å². The molecule has 0 aromatic heterocycles. The third kappa shape index (κ3) is 4.31. The van der Waals surface area contributed by atoms with Gasteiger partial charge in [0.2, 0.25) is 0 Å². The number of benzene rings is 1. The second-order valence-electron chi connectivity index (χ2n) is 4.15. The van der Waals surface area contributed by atoms with Crippen LogP contribution in [-0.4, -0.2) is 35.7 Å². The van der Waals surface area contributed by atoms with E-state index in [1.54, 1.807) is 12.1 Å². The highest BCUT2D eigenvalue weighted by molar-refractivity contribution is 6.40. The number of hydrogen-bond donors (Lipinski definition) is 2. The summed E-state index contributed by atoms with van der Waals surface area (Å²) < 4.78 is 0. The molecular formula is C15H17N3O3. The molecule has 0 atom stereocenters. The Labute approximate surface area is 122 Å². The van der Waals surface area contributed by atoms with Gasteiger partial charge in [-0.1, -0.05) is 24.3 Å². The van der Waals surface area contributed by atoms with Crippen molar-refractivity contribution in [2.24, 2.45) is 5.73 Å². The smallest absolute Gasteiger partial charge is 0.313 e. The standard InChI is InChI=1S/C15H17N3O3/c1-3-9-18(10-4-2)15(21)14(20)17-12-8-6-5-7-11(12)13(16)19/h3-8H,1-2,9-10H2,(H2,16,19)(H,17,20). The topological polar surface area (TPSA) is 92.5 Å². The minimum atomic E-state index is -0.854. The molecule has 21 heavy (non-hydrogen) atoms. The number of anilines is 1. The lowest BCUT2D eigenvalue weighted by Gasteiger charge is -2.18. The van der Waals surface area contributed by atoms with Gasteiger partial charge in [0.05, 0.1) is 11.3 Å². The molecule has 0 fully saturated rings. The number of para-hydroxylation sites is 1. The Balaban J connectivity index is 2.90. The largest absolute Gasteiger partial charge is 0.366 e. The Hall–Kier alpha value is -2.89. The van der Waals surface area contributed by atoms with Crippen LogP contribution in [0.1, 0.15) is 10.4 Å². The van der Waals surface area contributed by atoms with Crippen molar-refractivity contribution in [1.82, 2.24) is 4.90 Å². The van der Waals surface area contributed by atoms with E-state index in [0.717, 1.165) is 0 Å². The van der Waals surface area contributed by atoms with E-state index in [-0.39, 0.29) is 24.3 Å². The molecule has 0 heterocycles. The molecule has 1 aromatic rings. The van der Waals surface area contributed by atoms with Gasteiger partial charge in [-0.05, 0) is 12.1 Å². The molecular weight excluding hydrogens is 270 g/mol. The van der Waals surface area contributed by atoms with Crippen molar-refractivity contribution in [3.63, 3.8) is 0 Å². The van der Waals surface area contributed by atoms with Gasteiger partial charge in [-0.15, -0.1) is 13.2 Å². The zero-order valence-electron chi connectivity index (χ0n) is 11.5. The molecule has 3 amide bonds. The summed E-state index contributed by atoms with van der Waals surface area (Å²) in [6.45, 7) is 7.49. The number of carbonyl (C=O) groups excluding carboxylic acids is 3. The van der Waals surface area contributed by atoms with Gasteiger partial charge in [0.15, 0.2) is 0 Å². The van der Waals surface area contributed by atoms with Crippen molar-refractivity contribution >= 4 is 23.4 Å². The van der Waals surface area contributed by atoms with Gasteiger partial charge in [-0.3, -0.25) is 14.4 Å². The molecule has 0 saturated carbocycles. The molecule has 110 valence electrons. The lowest BCUT2D eigenvalue weighted by atomic mass is 10.1. The number of nitrogens with two attached hydrogens (primary N) is 1. The second kappa shape index (κ2) is 7.64. The Kier molecular flexibility index (Phi) is 5.88. The van der Waals surface area contributed by atoms with Crippen LogP contribution in [0.2, 0.25) is 0 Å². The Morgan fingerprint density at radius 1 is 1.14 bits per heavy atom. The molecule has 0 aliphatic rings. The zero-order chi connectivity index (χ0) is 15.8. The van der Waals surface area contributed by atoms with Gasteiger partial charge < -0.3 is 16.0 Å². The summed E-state index contributed by atoms with van der Waals surface area (Å²) in [5, 5.41) is 2.39. The van der Waals surface area contributed by atoms with Crippen LogP contribution in [0.15, 0.2) is 49.6 Å². The maximum absolute atomic E-state index is 12.0. The molecule has 0 unspecified atom stereocenters. The predicted octanol–water partition coefficient (Wildman–Crippen LogP) is 0.925. The average Bonchev–Trinajstić information content (AvgIpc) is 2.46. The van der Waals surface area contributed by atoms with E-state index >= 15 is 0 Å². The van der Waals surface area contributed by atoms with E-state index in [9.17, 15) is 14.4 Å². The van der Waals surface area contributed by atoms with Crippen molar-refractivity contribution in [3.8, 4) is 0 Å². The van der Waals surface area contributed by atoms with Crippen LogP contribution in [0.4, 0.5) is 5.69 Å². The summed E-state index contributed by atoms with van der Waals surface area (Å²) in [4.78, 5) is 36.5. The monoisotopic (exact) mass is 287 g/mol. The maximum Gasteiger partial charge on any atom is 0.313 e. The third-order valence-corrected chi connectivity index (χ3v) is 2.62. The molecule has 0 saturated heterocycles. The summed E-state index contributed by atoms with van der Waals surface area (Å²) in [5.41, 5.74) is 5.54. The van der Waals surface area contributed by atoms with E-state index in [2.05, 4.69) is 18.5 Å². The fraction of sp³-hybridized carbons (Fsp3) is 0.133. The summed E-state index contributed by atoms with van der Waals surface area (Å²) in [6, 6.07) is 6.20. The number of nitrogens with one attached hydrogen (secondary N) is 1. The molecule has 0 aliphatic carbocycles. The predicted molar refractivity (Wildman–Crippen MR) is 80.6 cm³/mol. The summed E-state index contributed by atoms with van der Waals surface area (Å²) in [6.07, 6.45) is 3.01. The van der Waals surface area contributed by atoms with E-state index in [1.165, 1.54) is 29.2 Å². The van der Waals surface area contributed by atoms with Crippen molar-refractivity contribution in [3.05, 3.63) is 55.1 Å². The first-order valence-corrected chi connectivity index (χ1v) is 6.22. The van der Waals surface area contributed by atoms with Crippen LogP contribution in [0.25, 0.3) is 0 Å². The van der Waals surface area contributed by atoms with Gasteiger partial charge in [0.1, 0.15) is 0 Å². The summed E-state index contributed by atoms with van der Waals surface area (Å²) >= 11 is 0. The van der Waals surface area contributed by atoms with Gasteiger partial charge in [0.25, 0.3) is 5.91 Å². The quantitative estimate of drug-likeness (QED) is 0.602. The number of nitrogens with zero attached hydrogens (tertiary/aromatic N) is 1. The van der Waals surface area contributed by atoms with Crippen LogP contribution in [0.5, 0.6) is 0 Å². The molecule has 1 aromatic carbocycles. The first-order chi connectivity index (χ1) is 10.0. The van der Waals surface area contributed by atoms with E-state index in [1.807, 2.05) is 0 Å². The van der Waals surface area contributed by atoms with Crippen LogP contribution in [0, 0.1) is 0 Å². The molecule has 0 aliphatic heterocycles. The lowest BCUT2D eigenvalue weighted by Crippen LogP contribution is -2.40. The maximum atomic E-state index is 12.0. The summed E-state index contributed by atoms with van der Waals surface area (Å²) in [7, 11) is 0. The fourth-order valence-corrected chi connectivity index (χ4v) is 1.68. The average molecular weight is 287 g/mol. The van der Waals surface area contributed by atoms with Gasteiger partial charge >= 0.3 is 11.8 Å². The Morgan fingerprint density at radius 2 is 1.71 bits per heavy atom. The van der Waals surface area contributed by atoms with Gasteiger partial charge in [0, 0.05) is 13.1 Å². The van der Waals surface area contributed by atoms with Crippen molar-refractivity contribution < 1.29 is 14.4 Å². The first-order valence-electron chi connectivity index (χ1n) is 6.22. The number of amides is 3. The van der Waals surface area contributed by atoms with Crippen LogP contribution >= 0.6 is 0 Å². The Morgan fingerprint density at radius 3 is 2.24 bits per heavy atom. The van der Waals surface area contributed by atoms with Gasteiger partial charge in [-0.2, -0.15) is 0 Å².